The summed E-state index contributed by atoms with van der Waals surface area (Å²) in [6.45, 7) is 0. The second kappa shape index (κ2) is 11.0. The Morgan fingerprint density at radius 1 is 0.875 bits per heavy atom. The Labute approximate surface area is 238 Å². The van der Waals surface area contributed by atoms with Crippen LogP contribution in [-0.2, 0) is 9.47 Å². The van der Waals surface area contributed by atoms with Crippen molar-refractivity contribution in [2.24, 2.45) is 0 Å². The fraction of sp³-hybridized carbons (Fsp3) is 0.172. The van der Waals surface area contributed by atoms with Crippen molar-refractivity contribution in [3.63, 3.8) is 0 Å². The number of hydrogen-bond donors (Lipinski definition) is 2. The van der Waals surface area contributed by atoms with Gasteiger partial charge in [0, 0.05) is 5.02 Å². The Kier molecular flexibility index (Phi) is 7.22. The maximum atomic E-state index is 13.3. The van der Waals surface area contributed by atoms with E-state index in [1.807, 2.05) is 42.5 Å². The smallest absolute Gasteiger partial charge is 0.338 e. The van der Waals surface area contributed by atoms with Crippen LogP contribution in [0.5, 0.6) is 0 Å². The highest BCUT2D eigenvalue weighted by Crippen LogP contribution is 2.39. The number of imidazole rings is 1. The van der Waals surface area contributed by atoms with E-state index in [9.17, 15) is 15.0 Å². The summed E-state index contributed by atoms with van der Waals surface area (Å²) in [5.74, 6) is -0.624. The zero-order valence-corrected chi connectivity index (χ0v) is 22.2. The third-order valence-corrected chi connectivity index (χ3v) is 7.35. The highest BCUT2D eigenvalue weighted by Gasteiger charge is 2.49. The van der Waals surface area contributed by atoms with E-state index in [4.69, 9.17) is 32.7 Å². The summed E-state index contributed by atoms with van der Waals surface area (Å²) >= 11 is 12.2. The first kappa shape index (κ1) is 26.4. The number of nitrogens with zero attached hydrogens (tertiary/aromatic N) is 4. The maximum Gasteiger partial charge on any atom is 0.338 e. The minimum Gasteiger partial charge on any atom is -0.451 e. The van der Waals surface area contributed by atoms with E-state index < -0.39 is 36.6 Å². The monoisotopic (exact) mass is 576 g/mol. The summed E-state index contributed by atoms with van der Waals surface area (Å²) < 4.78 is 13.5. The number of carbonyl (C=O) groups excluding carboxylic acids is 1. The summed E-state index contributed by atoms with van der Waals surface area (Å²) in [4.78, 5) is 25.6. The molecule has 202 valence electrons. The van der Waals surface area contributed by atoms with Gasteiger partial charge in [-0.1, -0.05) is 77.8 Å². The van der Waals surface area contributed by atoms with Crippen molar-refractivity contribution < 1.29 is 24.5 Å². The van der Waals surface area contributed by atoms with E-state index in [0.717, 1.165) is 11.1 Å². The fourth-order valence-electron chi connectivity index (χ4n) is 4.77. The van der Waals surface area contributed by atoms with E-state index in [-0.39, 0.29) is 5.15 Å². The van der Waals surface area contributed by atoms with Gasteiger partial charge in [0.25, 0.3) is 0 Å². The molecule has 2 N–H and O–H groups in total. The van der Waals surface area contributed by atoms with E-state index >= 15 is 0 Å². The molecule has 11 heteroatoms. The third kappa shape index (κ3) is 4.94. The van der Waals surface area contributed by atoms with Gasteiger partial charge in [0.1, 0.15) is 30.2 Å². The van der Waals surface area contributed by atoms with Crippen molar-refractivity contribution in [1.29, 1.82) is 0 Å². The molecule has 0 radical (unpaired) electrons. The normalized spacial score (nSPS) is 21.4. The molecule has 1 saturated heterocycles. The summed E-state index contributed by atoms with van der Waals surface area (Å²) in [5.41, 5.74) is 3.44. The second-order valence-electron chi connectivity index (χ2n) is 9.28. The first-order valence-corrected chi connectivity index (χ1v) is 13.1. The number of ether oxygens (including phenoxy) is 2. The maximum absolute atomic E-state index is 13.3. The van der Waals surface area contributed by atoms with Gasteiger partial charge in [-0.15, -0.1) is 0 Å². The van der Waals surface area contributed by atoms with Crippen molar-refractivity contribution in [2.45, 2.75) is 30.6 Å². The van der Waals surface area contributed by atoms with E-state index in [0.29, 0.717) is 27.3 Å². The topological polar surface area (TPSA) is 120 Å². The molecule has 3 heterocycles. The van der Waals surface area contributed by atoms with Crippen LogP contribution in [-0.4, -0.2) is 54.0 Å². The van der Waals surface area contributed by atoms with Gasteiger partial charge in [0.15, 0.2) is 23.1 Å². The second-order valence-corrected chi connectivity index (χ2v) is 10.1. The molecule has 0 saturated carbocycles. The van der Waals surface area contributed by atoms with E-state index in [2.05, 4.69) is 15.0 Å². The molecule has 1 aliphatic rings. The van der Waals surface area contributed by atoms with Crippen LogP contribution in [0, 0.1) is 0 Å². The van der Waals surface area contributed by atoms with Crippen LogP contribution in [0.1, 0.15) is 28.3 Å². The van der Waals surface area contributed by atoms with Gasteiger partial charge in [-0.05, 0) is 41.0 Å². The zero-order valence-electron chi connectivity index (χ0n) is 20.7. The standard InChI is InChI=1S/C29H22Cl2N4O5/c30-20-12-10-18(11-13-20)24(40-29(38)19-8-6-17(7-9-19)16-4-2-1-3-5-16)25-22(36)23(37)28(39-25)35-15-34-21-26(31)32-14-33-27(21)35/h1-15,22-25,28,36-37H/t22-,23+,24+,25-,28?/m0/s1. The van der Waals surface area contributed by atoms with Crippen molar-refractivity contribution in [1.82, 2.24) is 19.5 Å². The molecule has 1 fully saturated rings. The first-order valence-electron chi connectivity index (χ1n) is 12.4. The average Bonchev–Trinajstić information content (AvgIpc) is 3.54. The predicted molar refractivity (Wildman–Crippen MR) is 148 cm³/mol. The van der Waals surface area contributed by atoms with Crippen molar-refractivity contribution >= 4 is 40.3 Å². The van der Waals surface area contributed by atoms with Crippen LogP contribution >= 0.6 is 23.2 Å². The third-order valence-electron chi connectivity index (χ3n) is 6.82. The summed E-state index contributed by atoms with van der Waals surface area (Å²) in [6.07, 6.45) is -3.46. The molecule has 1 aliphatic heterocycles. The summed E-state index contributed by atoms with van der Waals surface area (Å²) in [6, 6.07) is 23.4. The summed E-state index contributed by atoms with van der Waals surface area (Å²) in [5, 5.41) is 22.7. The lowest BCUT2D eigenvalue weighted by molar-refractivity contribution is -0.0917. The number of aromatic nitrogens is 4. The molecule has 3 aromatic carbocycles. The fourth-order valence-corrected chi connectivity index (χ4v) is 5.07. The lowest BCUT2D eigenvalue weighted by atomic mass is 9.98. The number of benzene rings is 3. The van der Waals surface area contributed by atoms with Gasteiger partial charge in [-0.2, -0.15) is 0 Å². The lowest BCUT2D eigenvalue weighted by Gasteiger charge is -2.26. The van der Waals surface area contributed by atoms with Crippen LogP contribution in [0.3, 0.4) is 0 Å². The average molecular weight is 577 g/mol. The Hall–Kier alpha value is -3.86. The van der Waals surface area contributed by atoms with Crippen LogP contribution in [0.2, 0.25) is 10.2 Å². The number of fused-ring (bicyclic) bond motifs is 1. The molecule has 2 aromatic heterocycles. The minimum absolute atomic E-state index is 0.139. The van der Waals surface area contributed by atoms with Crippen LogP contribution < -0.4 is 0 Å². The number of halogens is 2. The predicted octanol–water partition coefficient (Wildman–Crippen LogP) is 5.02. The molecular weight excluding hydrogens is 555 g/mol. The van der Waals surface area contributed by atoms with Crippen LogP contribution in [0.4, 0.5) is 0 Å². The van der Waals surface area contributed by atoms with E-state index in [1.165, 1.54) is 17.2 Å². The van der Waals surface area contributed by atoms with Crippen molar-refractivity contribution in [3.8, 4) is 11.1 Å². The molecule has 0 bridgehead atoms. The molecular formula is C29H22Cl2N4O5. The molecule has 0 aliphatic carbocycles. The minimum atomic E-state index is -1.42. The van der Waals surface area contributed by atoms with Gasteiger partial charge >= 0.3 is 5.97 Å². The molecule has 0 spiro atoms. The first-order chi connectivity index (χ1) is 19.4. The Bertz CT molecular complexity index is 1650. The molecule has 0 amide bonds. The van der Waals surface area contributed by atoms with Gasteiger partial charge in [0.2, 0.25) is 0 Å². The van der Waals surface area contributed by atoms with Crippen molar-refractivity contribution in [2.75, 3.05) is 0 Å². The molecule has 5 aromatic rings. The Morgan fingerprint density at radius 3 is 2.30 bits per heavy atom. The number of rotatable bonds is 6. The van der Waals surface area contributed by atoms with Gasteiger partial charge in [-0.3, -0.25) is 4.57 Å². The van der Waals surface area contributed by atoms with Gasteiger partial charge in [-0.25, -0.2) is 19.7 Å². The molecule has 9 nitrogen and oxygen atoms in total. The number of carbonyl (C=O) groups is 1. The molecule has 5 atom stereocenters. The Balaban J connectivity index is 1.30. The van der Waals surface area contributed by atoms with Crippen LogP contribution in [0.15, 0.2) is 91.5 Å². The number of aliphatic hydroxyl groups excluding tert-OH is 2. The Morgan fingerprint density at radius 2 is 1.57 bits per heavy atom. The summed E-state index contributed by atoms with van der Waals surface area (Å²) in [7, 11) is 0. The van der Waals surface area contributed by atoms with Crippen LogP contribution in [0.25, 0.3) is 22.3 Å². The SMILES string of the molecule is O=C(O[C@H](c1ccc(Cl)cc1)[C@H]1OC(n2cnc3c(Cl)ncnc32)[C@H](O)[C@@H]1O)c1ccc(-c2ccccc2)cc1. The highest BCUT2D eigenvalue weighted by molar-refractivity contribution is 6.33. The largest absolute Gasteiger partial charge is 0.451 e. The highest BCUT2D eigenvalue weighted by atomic mass is 35.5. The lowest BCUT2D eigenvalue weighted by Crippen LogP contribution is -2.36. The quantitative estimate of drug-likeness (QED) is 0.213. The van der Waals surface area contributed by atoms with Gasteiger partial charge in [0.05, 0.1) is 11.9 Å². The zero-order chi connectivity index (χ0) is 27.8. The molecule has 6 rings (SSSR count). The number of aliphatic hydroxyl groups is 2. The van der Waals surface area contributed by atoms with Gasteiger partial charge < -0.3 is 19.7 Å². The van der Waals surface area contributed by atoms with Crippen molar-refractivity contribution in [3.05, 3.63) is 113 Å². The number of hydrogen-bond acceptors (Lipinski definition) is 8. The van der Waals surface area contributed by atoms with E-state index in [1.54, 1.807) is 36.4 Å². The molecule has 1 unspecified atom stereocenters. The number of esters is 1. The molecule has 40 heavy (non-hydrogen) atoms.